The zero-order valence-corrected chi connectivity index (χ0v) is 16.7. The number of aromatic amines is 1. The van der Waals surface area contributed by atoms with Crippen LogP contribution in [0.5, 0.6) is 11.5 Å². The number of nitrogens with one attached hydrogen (secondary N) is 1. The molecule has 0 radical (unpaired) electrons. The molecule has 0 spiro atoms. The number of fused-ring (bicyclic) bond motifs is 1. The van der Waals surface area contributed by atoms with Gasteiger partial charge in [-0.15, -0.1) is 0 Å². The molecular weight excluding hydrogens is 394 g/mol. The Kier molecular flexibility index (Phi) is 5.17. The number of hydrogen-bond donors (Lipinski definition) is 2. The maximum absolute atomic E-state index is 13.1. The maximum Gasteiger partial charge on any atom is 0.273 e. The van der Waals surface area contributed by atoms with E-state index in [1.165, 1.54) is 6.07 Å². The van der Waals surface area contributed by atoms with Gasteiger partial charge in [0.05, 0.1) is 19.8 Å². The molecule has 0 aliphatic carbocycles. The summed E-state index contributed by atoms with van der Waals surface area (Å²) in [5, 5.41) is 18.0. The number of aromatic nitrogens is 2. The van der Waals surface area contributed by atoms with Crippen molar-refractivity contribution in [3.63, 3.8) is 0 Å². The van der Waals surface area contributed by atoms with E-state index >= 15 is 0 Å². The van der Waals surface area contributed by atoms with Gasteiger partial charge in [-0.05, 0) is 35.9 Å². The highest BCUT2D eigenvalue weighted by Gasteiger charge is 2.42. The Morgan fingerprint density at radius 1 is 1.21 bits per heavy atom. The highest BCUT2D eigenvalue weighted by atomic mass is 35.5. The van der Waals surface area contributed by atoms with Crippen LogP contribution in [-0.4, -0.2) is 53.5 Å². The third-order valence-electron chi connectivity index (χ3n) is 5.05. The first-order chi connectivity index (χ1) is 14.0. The maximum atomic E-state index is 13.1. The molecule has 1 aromatic heterocycles. The Labute approximate surface area is 172 Å². The van der Waals surface area contributed by atoms with Crippen LogP contribution in [0.2, 0.25) is 5.02 Å². The van der Waals surface area contributed by atoms with Crippen molar-refractivity contribution in [2.75, 3.05) is 27.4 Å². The molecule has 3 aromatic rings. The van der Waals surface area contributed by atoms with Gasteiger partial charge in [-0.3, -0.25) is 9.89 Å². The van der Waals surface area contributed by atoms with Crippen molar-refractivity contribution in [2.24, 2.45) is 0 Å². The standard InChI is InChI=1S/C21H20ClN3O4/c1-28-10-9-25-20(12-3-6-14(29-2)7-4-12)17-18(23-24-19(17)21(25)27)15-11-13(22)5-8-16(15)26/h3-8,11,20,26H,9-10H2,1-2H3,(H,23,24). The zero-order valence-electron chi connectivity index (χ0n) is 16.0. The van der Waals surface area contributed by atoms with Crippen molar-refractivity contribution in [3.05, 3.63) is 64.3 Å². The number of nitrogens with zero attached hydrogens (tertiary/aromatic N) is 2. The van der Waals surface area contributed by atoms with Gasteiger partial charge in [0.1, 0.15) is 22.9 Å². The first kappa shape index (κ1) is 19.3. The highest BCUT2D eigenvalue weighted by Crippen LogP contribution is 2.44. The predicted molar refractivity (Wildman–Crippen MR) is 108 cm³/mol. The van der Waals surface area contributed by atoms with E-state index < -0.39 is 0 Å². The highest BCUT2D eigenvalue weighted by molar-refractivity contribution is 6.31. The van der Waals surface area contributed by atoms with Gasteiger partial charge in [0.2, 0.25) is 0 Å². The van der Waals surface area contributed by atoms with Crippen LogP contribution < -0.4 is 4.74 Å². The van der Waals surface area contributed by atoms with Crippen LogP contribution >= 0.6 is 11.6 Å². The van der Waals surface area contributed by atoms with Gasteiger partial charge < -0.3 is 19.5 Å². The van der Waals surface area contributed by atoms with Gasteiger partial charge in [-0.25, -0.2) is 0 Å². The Morgan fingerprint density at radius 3 is 2.66 bits per heavy atom. The largest absolute Gasteiger partial charge is 0.507 e. The summed E-state index contributed by atoms with van der Waals surface area (Å²) in [5.74, 6) is 0.597. The van der Waals surface area contributed by atoms with Gasteiger partial charge in [-0.2, -0.15) is 5.10 Å². The third kappa shape index (κ3) is 3.32. The van der Waals surface area contributed by atoms with E-state index in [9.17, 15) is 9.90 Å². The Bertz CT molecular complexity index is 1050. The van der Waals surface area contributed by atoms with E-state index in [-0.39, 0.29) is 17.7 Å². The fourth-order valence-corrected chi connectivity index (χ4v) is 3.83. The van der Waals surface area contributed by atoms with Gasteiger partial charge in [0.15, 0.2) is 0 Å². The fourth-order valence-electron chi connectivity index (χ4n) is 3.65. The summed E-state index contributed by atoms with van der Waals surface area (Å²) in [7, 11) is 3.20. The second-order valence-electron chi connectivity index (χ2n) is 6.69. The minimum absolute atomic E-state index is 0.0416. The zero-order chi connectivity index (χ0) is 20.5. The van der Waals surface area contributed by atoms with E-state index in [1.54, 1.807) is 31.3 Å². The summed E-state index contributed by atoms with van der Waals surface area (Å²) in [6, 6.07) is 11.9. The normalized spacial score (nSPS) is 15.6. The van der Waals surface area contributed by atoms with Crippen LogP contribution in [0.4, 0.5) is 0 Å². The Balaban J connectivity index is 1.87. The van der Waals surface area contributed by atoms with E-state index in [1.807, 2.05) is 24.3 Å². The lowest BCUT2D eigenvalue weighted by atomic mass is 9.95. The average molecular weight is 414 g/mol. The van der Waals surface area contributed by atoms with Gasteiger partial charge in [0, 0.05) is 29.8 Å². The van der Waals surface area contributed by atoms with Gasteiger partial charge in [-0.1, -0.05) is 23.7 Å². The summed E-state index contributed by atoms with van der Waals surface area (Å²) < 4.78 is 10.5. The quantitative estimate of drug-likeness (QED) is 0.644. The molecule has 2 aromatic carbocycles. The second kappa shape index (κ2) is 7.77. The number of amides is 1. The molecule has 1 unspecified atom stereocenters. The molecule has 29 heavy (non-hydrogen) atoms. The van der Waals surface area contributed by atoms with Gasteiger partial charge >= 0.3 is 0 Å². The molecule has 7 nitrogen and oxygen atoms in total. The van der Waals surface area contributed by atoms with Crippen LogP contribution in [-0.2, 0) is 4.74 Å². The number of phenolic OH excluding ortho intramolecular Hbond substituents is 1. The SMILES string of the molecule is COCCN1C(=O)c2[nH]nc(-c3cc(Cl)ccc3O)c2C1c1ccc(OC)cc1. The molecule has 0 bridgehead atoms. The number of phenols is 1. The number of H-pyrrole nitrogens is 1. The molecule has 1 aliphatic rings. The molecule has 2 heterocycles. The summed E-state index contributed by atoms with van der Waals surface area (Å²) in [5.41, 5.74) is 2.97. The van der Waals surface area contributed by atoms with Crippen LogP contribution in [0.3, 0.4) is 0 Å². The predicted octanol–water partition coefficient (Wildman–Crippen LogP) is 3.64. The summed E-state index contributed by atoms with van der Waals surface area (Å²) in [6.45, 7) is 0.809. The number of methoxy groups -OCH3 is 2. The minimum atomic E-state index is -0.384. The average Bonchev–Trinajstić information content (AvgIpc) is 3.27. The number of halogens is 1. The third-order valence-corrected chi connectivity index (χ3v) is 5.28. The van der Waals surface area contributed by atoms with E-state index in [4.69, 9.17) is 21.1 Å². The number of carbonyl (C=O) groups excluding carboxylic acids is 1. The summed E-state index contributed by atoms with van der Waals surface area (Å²) in [4.78, 5) is 14.8. The number of carbonyl (C=O) groups is 1. The second-order valence-corrected chi connectivity index (χ2v) is 7.13. The van der Waals surface area contributed by atoms with Crippen molar-refractivity contribution >= 4 is 17.5 Å². The lowest BCUT2D eigenvalue weighted by Crippen LogP contribution is -2.32. The molecule has 8 heteroatoms. The molecule has 4 rings (SSSR count). The first-order valence-electron chi connectivity index (χ1n) is 9.06. The molecule has 2 N–H and O–H groups in total. The van der Waals surface area contributed by atoms with Crippen LogP contribution in [0, 0.1) is 0 Å². The molecule has 1 aliphatic heterocycles. The number of ether oxygens (including phenoxy) is 2. The van der Waals surface area contributed by atoms with Crippen molar-refractivity contribution in [1.29, 1.82) is 0 Å². The molecule has 0 saturated heterocycles. The van der Waals surface area contributed by atoms with Crippen LogP contribution in [0.15, 0.2) is 42.5 Å². The van der Waals surface area contributed by atoms with Crippen molar-refractivity contribution in [2.45, 2.75) is 6.04 Å². The molecule has 150 valence electrons. The lowest BCUT2D eigenvalue weighted by Gasteiger charge is -2.26. The van der Waals surface area contributed by atoms with Crippen molar-refractivity contribution < 1.29 is 19.4 Å². The number of aromatic hydroxyl groups is 1. The number of hydrogen-bond acceptors (Lipinski definition) is 5. The lowest BCUT2D eigenvalue weighted by molar-refractivity contribution is 0.0677. The Hall–Kier alpha value is -3.03. The first-order valence-corrected chi connectivity index (χ1v) is 9.44. The molecular formula is C21H20ClN3O4. The summed E-state index contributed by atoms with van der Waals surface area (Å²) in [6.07, 6.45) is 0. The van der Waals surface area contributed by atoms with Gasteiger partial charge in [0.25, 0.3) is 5.91 Å². The minimum Gasteiger partial charge on any atom is -0.507 e. The van der Waals surface area contributed by atoms with Crippen LogP contribution in [0.25, 0.3) is 11.3 Å². The fraction of sp³-hybridized carbons (Fsp3) is 0.238. The molecule has 1 atom stereocenters. The van der Waals surface area contributed by atoms with Crippen molar-refractivity contribution in [1.82, 2.24) is 15.1 Å². The number of rotatable bonds is 6. The number of benzene rings is 2. The summed E-state index contributed by atoms with van der Waals surface area (Å²) >= 11 is 6.14. The topological polar surface area (TPSA) is 87.7 Å². The smallest absolute Gasteiger partial charge is 0.273 e. The molecule has 0 saturated carbocycles. The van der Waals surface area contributed by atoms with E-state index in [0.29, 0.717) is 40.7 Å². The van der Waals surface area contributed by atoms with E-state index in [0.717, 1.165) is 11.3 Å². The monoisotopic (exact) mass is 413 g/mol. The van der Waals surface area contributed by atoms with Crippen molar-refractivity contribution in [3.8, 4) is 22.8 Å². The van der Waals surface area contributed by atoms with Crippen LogP contribution in [0.1, 0.15) is 27.7 Å². The molecule has 0 fully saturated rings. The molecule has 1 amide bonds. The van der Waals surface area contributed by atoms with E-state index in [2.05, 4.69) is 10.2 Å². The Morgan fingerprint density at radius 2 is 1.97 bits per heavy atom.